The van der Waals surface area contributed by atoms with Crippen LogP contribution in [0.5, 0.6) is 0 Å². The van der Waals surface area contributed by atoms with Crippen LogP contribution in [0.1, 0.15) is 29.6 Å². The van der Waals surface area contributed by atoms with Crippen molar-refractivity contribution in [3.8, 4) is 0 Å². The summed E-state index contributed by atoms with van der Waals surface area (Å²) in [5.74, 6) is 0.302. The number of aromatic nitrogens is 2. The Bertz CT molecular complexity index is 824. The van der Waals surface area contributed by atoms with Crippen molar-refractivity contribution in [1.29, 1.82) is 0 Å². The summed E-state index contributed by atoms with van der Waals surface area (Å²) in [4.78, 5) is 32.5. The van der Waals surface area contributed by atoms with E-state index in [1.54, 1.807) is 0 Å². The van der Waals surface area contributed by atoms with Crippen LogP contribution in [0.4, 0.5) is 0 Å². The van der Waals surface area contributed by atoms with Crippen molar-refractivity contribution in [2.45, 2.75) is 25.3 Å². The highest BCUT2D eigenvalue weighted by Gasteiger charge is 2.20. The fourth-order valence-corrected chi connectivity index (χ4v) is 3.36. The number of benzene rings is 1. The first-order valence-corrected chi connectivity index (χ1v) is 8.87. The highest BCUT2D eigenvalue weighted by atomic mass is 32.1. The van der Waals surface area contributed by atoms with Gasteiger partial charge >= 0.3 is 5.97 Å². The van der Waals surface area contributed by atoms with Crippen molar-refractivity contribution >= 4 is 34.2 Å². The number of carbonyl (C=O) groups is 2. The lowest BCUT2D eigenvalue weighted by Gasteiger charge is -2.16. The standard InChI is InChI=1S/C18H19N3O3S/c1-24-18(23)11-14(15-7-4-10-25-15)21-17(22)9-8-16-19-12-5-2-3-6-13(12)20-16/h2-7,10,14H,8-9,11H2,1H3,(H,19,20)(H,21,22). The zero-order valence-electron chi connectivity index (χ0n) is 13.8. The fraction of sp³-hybridized carbons (Fsp3) is 0.278. The third-order valence-corrected chi connectivity index (χ3v) is 4.83. The Morgan fingerprint density at radius 2 is 2.12 bits per heavy atom. The predicted octanol–water partition coefficient (Wildman–Crippen LogP) is 2.98. The fourth-order valence-electron chi connectivity index (χ4n) is 2.58. The number of hydrogen-bond donors (Lipinski definition) is 2. The molecule has 1 amide bonds. The Hall–Kier alpha value is -2.67. The summed E-state index contributed by atoms with van der Waals surface area (Å²) in [6.07, 6.45) is 0.923. The van der Waals surface area contributed by atoms with Gasteiger partial charge < -0.3 is 15.0 Å². The molecule has 1 atom stereocenters. The number of methoxy groups -OCH3 is 1. The lowest BCUT2D eigenvalue weighted by Crippen LogP contribution is -2.30. The average molecular weight is 357 g/mol. The molecule has 3 aromatic rings. The van der Waals surface area contributed by atoms with Crippen LogP contribution in [0.25, 0.3) is 11.0 Å². The molecular formula is C18H19N3O3S. The van der Waals surface area contributed by atoms with E-state index in [1.165, 1.54) is 18.4 Å². The number of ether oxygens (including phenoxy) is 1. The number of rotatable bonds is 7. The number of thiophene rings is 1. The number of fused-ring (bicyclic) bond motifs is 1. The molecule has 0 saturated carbocycles. The topological polar surface area (TPSA) is 84.1 Å². The second-order valence-electron chi connectivity index (χ2n) is 5.62. The van der Waals surface area contributed by atoms with E-state index < -0.39 is 0 Å². The summed E-state index contributed by atoms with van der Waals surface area (Å²) in [7, 11) is 1.34. The van der Waals surface area contributed by atoms with Crippen LogP contribution in [0.15, 0.2) is 41.8 Å². The molecule has 0 aliphatic heterocycles. The van der Waals surface area contributed by atoms with Crippen LogP contribution in [0.3, 0.4) is 0 Å². The summed E-state index contributed by atoms with van der Waals surface area (Å²) in [6, 6.07) is 11.2. The van der Waals surface area contributed by atoms with Crippen LogP contribution >= 0.6 is 11.3 Å². The van der Waals surface area contributed by atoms with Gasteiger partial charge in [-0.25, -0.2) is 4.98 Å². The summed E-state index contributed by atoms with van der Waals surface area (Å²) in [6.45, 7) is 0. The molecule has 2 heterocycles. The van der Waals surface area contributed by atoms with Gasteiger partial charge in [0.25, 0.3) is 0 Å². The SMILES string of the molecule is COC(=O)CC(NC(=O)CCc1nc2ccccc2[nH]1)c1cccs1. The maximum absolute atomic E-state index is 12.3. The molecule has 6 nitrogen and oxygen atoms in total. The Balaban J connectivity index is 1.60. The van der Waals surface area contributed by atoms with Crippen LogP contribution in [0, 0.1) is 0 Å². The predicted molar refractivity (Wildman–Crippen MR) is 96.3 cm³/mol. The summed E-state index contributed by atoms with van der Waals surface area (Å²) in [5, 5.41) is 4.83. The normalized spacial score (nSPS) is 12.0. The largest absolute Gasteiger partial charge is 0.469 e. The number of H-pyrrole nitrogens is 1. The van der Waals surface area contributed by atoms with Crippen molar-refractivity contribution in [2.75, 3.05) is 7.11 Å². The molecule has 0 aliphatic rings. The second-order valence-corrected chi connectivity index (χ2v) is 6.60. The van der Waals surface area contributed by atoms with E-state index in [4.69, 9.17) is 4.74 Å². The van der Waals surface area contributed by atoms with Gasteiger partial charge in [-0.3, -0.25) is 9.59 Å². The highest BCUT2D eigenvalue weighted by molar-refractivity contribution is 7.10. The molecule has 0 fully saturated rings. The monoisotopic (exact) mass is 357 g/mol. The molecule has 2 aromatic heterocycles. The molecule has 130 valence electrons. The minimum absolute atomic E-state index is 0.118. The summed E-state index contributed by atoms with van der Waals surface area (Å²) >= 11 is 1.50. The van der Waals surface area contributed by atoms with E-state index >= 15 is 0 Å². The number of para-hydroxylation sites is 2. The zero-order chi connectivity index (χ0) is 17.6. The Morgan fingerprint density at radius 3 is 2.84 bits per heavy atom. The van der Waals surface area contributed by atoms with Gasteiger partial charge in [0.15, 0.2) is 0 Å². The number of hydrogen-bond acceptors (Lipinski definition) is 5. The van der Waals surface area contributed by atoms with Gasteiger partial charge in [-0.2, -0.15) is 0 Å². The van der Waals surface area contributed by atoms with E-state index in [-0.39, 0.29) is 24.3 Å². The molecule has 0 bridgehead atoms. The quantitative estimate of drug-likeness (QED) is 0.637. The number of nitrogens with one attached hydrogen (secondary N) is 2. The van der Waals surface area contributed by atoms with E-state index in [1.807, 2.05) is 41.8 Å². The molecule has 3 rings (SSSR count). The van der Waals surface area contributed by atoms with Crippen LogP contribution in [-0.2, 0) is 20.7 Å². The lowest BCUT2D eigenvalue weighted by molar-refractivity contribution is -0.141. The van der Waals surface area contributed by atoms with Crippen molar-refractivity contribution in [3.05, 3.63) is 52.5 Å². The lowest BCUT2D eigenvalue weighted by atomic mass is 10.1. The maximum atomic E-state index is 12.3. The first kappa shape index (κ1) is 17.2. The number of imidazole rings is 1. The Morgan fingerprint density at radius 1 is 1.28 bits per heavy atom. The molecule has 2 N–H and O–H groups in total. The minimum Gasteiger partial charge on any atom is -0.469 e. The van der Waals surface area contributed by atoms with E-state index in [0.717, 1.165) is 21.7 Å². The highest BCUT2D eigenvalue weighted by Crippen LogP contribution is 2.22. The maximum Gasteiger partial charge on any atom is 0.307 e. The molecule has 1 unspecified atom stereocenters. The molecule has 0 spiro atoms. The van der Waals surface area contributed by atoms with Gasteiger partial charge in [-0.1, -0.05) is 18.2 Å². The van der Waals surface area contributed by atoms with E-state index in [2.05, 4.69) is 15.3 Å². The average Bonchev–Trinajstić information content (AvgIpc) is 3.28. The van der Waals surface area contributed by atoms with Crippen molar-refractivity contribution in [3.63, 3.8) is 0 Å². The molecule has 0 saturated heterocycles. The van der Waals surface area contributed by atoms with Gasteiger partial charge in [-0.15, -0.1) is 11.3 Å². The van der Waals surface area contributed by atoms with Gasteiger partial charge in [0.1, 0.15) is 5.82 Å². The zero-order valence-corrected chi connectivity index (χ0v) is 14.6. The number of amides is 1. The van der Waals surface area contributed by atoms with Crippen LogP contribution in [-0.4, -0.2) is 29.0 Å². The number of aromatic amines is 1. The third kappa shape index (κ3) is 4.45. The van der Waals surface area contributed by atoms with Crippen LogP contribution in [0.2, 0.25) is 0 Å². The van der Waals surface area contributed by atoms with Crippen molar-refractivity contribution < 1.29 is 14.3 Å². The van der Waals surface area contributed by atoms with E-state index in [0.29, 0.717) is 12.8 Å². The molecule has 7 heteroatoms. The Kier molecular flexibility index (Phi) is 5.45. The Labute approximate surface area is 149 Å². The number of aryl methyl sites for hydroxylation is 1. The summed E-state index contributed by atoms with van der Waals surface area (Å²) in [5.41, 5.74) is 1.85. The molecule has 25 heavy (non-hydrogen) atoms. The number of esters is 1. The minimum atomic E-state index is -0.365. The third-order valence-electron chi connectivity index (χ3n) is 3.85. The van der Waals surface area contributed by atoms with Gasteiger partial charge in [0.05, 0.1) is 30.6 Å². The molecular weight excluding hydrogens is 338 g/mol. The van der Waals surface area contributed by atoms with Crippen LogP contribution < -0.4 is 5.32 Å². The number of carbonyl (C=O) groups excluding carboxylic acids is 2. The van der Waals surface area contributed by atoms with E-state index in [9.17, 15) is 9.59 Å². The molecule has 0 radical (unpaired) electrons. The van der Waals surface area contributed by atoms with Crippen molar-refractivity contribution in [2.24, 2.45) is 0 Å². The first-order valence-electron chi connectivity index (χ1n) is 7.99. The number of nitrogens with zero attached hydrogens (tertiary/aromatic N) is 1. The molecule has 0 aliphatic carbocycles. The van der Waals surface area contributed by atoms with Crippen molar-refractivity contribution in [1.82, 2.24) is 15.3 Å². The van der Waals surface area contributed by atoms with Gasteiger partial charge in [0, 0.05) is 17.7 Å². The second kappa shape index (κ2) is 7.94. The van der Waals surface area contributed by atoms with Gasteiger partial charge in [-0.05, 0) is 23.6 Å². The smallest absolute Gasteiger partial charge is 0.307 e. The summed E-state index contributed by atoms with van der Waals surface area (Å²) < 4.78 is 4.72. The van der Waals surface area contributed by atoms with Gasteiger partial charge in [0.2, 0.25) is 5.91 Å². The first-order chi connectivity index (χ1) is 12.2. The molecule has 1 aromatic carbocycles.